The third-order valence-electron chi connectivity index (χ3n) is 4.12. The molecule has 0 aliphatic heterocycles. The van der Waals surface area contributed by atoms with E-state index in [0.29, 0.717) is 6.54 Å². The van der Waals surface area contributed by atoms with Crippen molar-refractivity contribution in [1.29, 1.82) is 0 Å². The van der Waals surface area contributed by atoms with Gasteiger partial charge in [0.15, 0.2) is 11.6 Å². The summed E-state index contributed by atoms with van der Waals surface area (Å²) in [6.45, 7) is 2.27. The van der Waals surface area contributed by atoms with E-state index in [2.05, 4.69) is 5.32 Å². The van der Waals surface area contributed by atoms with Gasteiger partial charge in [0.1, 0.15) is 0 Å². The standard InChI is InChI=1S/C18H19F2N3O3/c1-12(13-4-3-5-15(10-13)23(25)26)22(2)9-8-18(24)21-14-6-7-16(19)17(20)11-14/h3-7,10-12H,8-9H2,1-2H3,(H,21,24). The molecule has 1 amide bonds. The van der Waals surface area contributed by atoms with Gasteiger partial charge in [-0.2, -0.15) is 0 Å². The van der Waals surface area contributed by atoms with Crippen LogP contribution in [0.2, 0.25) is 0 Å². The second kappa shape index (κ2) is 8.48. The van der Waals surface area contributed by atoms with Crippen molar-refractivity contribution in [2.24, 2.45) is 0 Å². The normalized spacial score (nSPS) is 12.0. The van der Waals surface area contributed by atoms with Crippen LogP contribution in [0.4, 0.5) is 20.2 Å². The largest absolute Gasteiger partial charge is 0.326 e. The maximum absolute atomic E-state index is 13.1. The zero-order chi connectivity index (χ0) is 19.3. The van der Waals surface area contributed by atoms with Crippen LogP contribution in [0.25, 0.3) is 0 Å². The van der Waals surface area contributed by atoms with Crippen LogP contribution in [-0.2, 0) is 4.79 Å². The molecule has 2 aromatic rings. The van der Waals surface area contributed by atoms with Crippen LogP contribution in [0.1, 0.15) is 24.9 Å². The summed E-state index contributed by atoms with van der Waals surface area (Å²) in [5.41, 5.74) is 0.963. The lowest BCUT2D eigenvalue weighted by atomic mass is 10.1. The topological polar surface area (TPSA) is 75.5 Å². The number of rotatable bonds is 7. The molecule has 1 atom stereocenters. The number of benzene rings is 2. The summed E-state index contributed by atoms with van der Waals surface area (Å²) in [5, 5.41) is 13.4. The summed E-state index contributed by atoms with van der Waals surface area (Å²) in [6.07, 6.45) is 0.134. The van der Waals surface area contributed by atoms with Crippen LogP contribution < -0.4 is 5.32 Å². The van der Waals surface area contributed by atoms with Gasteiger partial charge in [-0.15, -0.1) is 0 Å². The highest BCUT2D eigenvalue weighted by Gasteiger charge is 2.16. The lowest BCUT2D eigenvalue weighted by Gasteiger charge is -2.24. The Labute approximate surface area is 149 Å². The minimum absolute atomic E-state index is 0.0128. The van der Waals surface area contributed by atoms with Crippen LogP contribution in [0, 0.1) is 21.7 Å². The molecule has 26 heavy (non-hydrogen) atoms. The number of carbonyl (C=O) groups excluding carboxylic acids is 1. The lowest BCUT2D eigenvalue weighted by Crippen LogP contribution is -2.27. The van der Waals surface area contributed by atoms with Gasteiger partial charge >= 0.3 is 0 Å². The molecule has 0 aromatic heterocycles. The Morgan fingerprint density at radius 3 is 2.62 bits per heavy atom. The third kappa shape index (κ3) is 5.06. The molecule has 0 aliphatic carbocycles. The van der Waals surface area contributed by atoms with E-state index in [1.54, 1.807) is 19.2 Å². The first-order valence-corrected chi connectivity index (χ1v) is 7.97. The molecule has 1 unspecified atom stereocenters. The van der Waals surface area contributed by atoms with Gasteiger partial charge in [0.25, 0.3) is 5.69 Å². The molecule has 0 heterocycles. The van der Waals surface area contributed by atoms with Gasteiger partial charge in [-0.25, -0.2) is 8.78 Å². The molecular weight excluding hydrogens is 344 g/mol. The molecule has 0 radical (unpaired) electrons. The summed E-state index contributed by atoms with van der Waals surface area (Å²) >= 11 is 0. The van der Waals surface area contributed by atoms with Gasteiger partial charge in [-0.1, -0.05) is 12.1 Å². The Morgan fingerprint density at radius 1 is 1.23 bits per heavy atom. The molecule has 1 N–H and O–H groups in total. The summed E-state index contributed by atoms with van der Waals surface area (Å²) in [7, 11) is 1.80. The van der Waals surface area contributed by atoms with Crippen molar-refractivity contribution in [3.8, 4) is 0 Å². The van der Waals surface area contributed by atoms with Crippen molar-refractivity contribution in [2.75, 3.05) is 18.9 Å². The Kier molecular flexibility index (Phi) is 6.35. The third-order valence-corrected chi connectivity index (χ3v) is 4.12. The minimum atomic E-state index is -1.03. The maximum Gasteiger partial charge on any atom is 0.269 e. The van der Waals surface area contributed by atoms with Crippen molar-refractivity contribution >= 4 is 17.3 Å². The zero-order valence-electron chi connectivity index (χ0n) is 14.4. The van der Waals surface area contributed by atoms with Crippen molar-refractivity contribution in [2.45, 2.75) is 19.4 Å². The van der Waals surface area contributed by atoms with E-state index in [1.807, 2.05) is 11.8 Å². The number of nitrogens with zero attached hydrogens (tertiary/aromatic N) is 2. The summed E-state index contributed by atoms with van der Waals surface area (Å²) < 4.78 is 26.0. The smallest absolute Gasteiger partial charge is 0.269 e. The summed E-state index contributed by atoms with van der Waals surface area (Å²) in [6, 6.07) is 9.35. The summed E-state index contributed by atoms with van der Waals surface area (Å²) in [5.74, 6) is -2.35. The van der Waals surface area contributed by atoms with Crippen molar-refractivity contribution in [1.82, 2.24) is 4.90 Å². The van der Waals surface area contributed by atoms with E-state index < -0.39 is 16.6 Å². The second-order valence-electron chi connectivity index (χ2n) is 5.94. The van der Waals surface area contributed by atoms with Crippen LogP contribution in [0.3, 0.4) is 0 Å². The number of hydrogen-bond acceptors (Lipinski definition) is 4. The monoisotopic (exact) mass is 363 g/mol. The number of carbonyl (C=O) groups is 1. The van der Waals surface area contributed by atoms with Crippen LogP contribution in [0.15, 0.2) is 42.5 Å². The number of nitro groups is 1. The van der Waals surface area contributed by atoms with Gasteiger partial charge in [-0.05, 0) is 31.7 Å². The predicted molar refractivity (Wildman–Crippen MR) is 93.7 cm³/mol. The van der Waals surface area contributed by atoms with Crippen LogP contribution >= 0.6 is 0 Å². The molecule has 0 spiro atoms. The predicted octanol–water partition coefficient (Wildman–Crippen LogP) is 3.89. The fourth-order valence-electron chi connectivity index (χ4n) is 2.42. The molecular formula is C18H19F2N3O3. The number of nitro benzene ring substituents is 1. The van der Waals surface area contributed by atoms with Gasteiger partial charge in [0.2, 0.25) is 5.91 Å². The number of non-ortho nitro benzene ring substituents is 1. The number of amides is 1. The molecule has 2 aromatic carbocycles. The van der Waals surface area contributed by atoms with Crippen LogP contribution in [0.5, 0.6) is 0 Å². The fraction of sp³-hybridized carbons (Fsp3) is 0.278. The highest BCUT2D eigenvalue weighted by Crippen LogP contribution is 2.23. The number of hydrogen-bond donors (Lipinski definition) is 1. The van der Waals surface area contributed by atoms with Crippen LogP contribution in [-0.4, -0.2) is 29.3 Å². The van der Waals surface area contributed by atoms with E-state index in [0.717, 1.165) is 17.7 Å². The quantitative estimate of drug-likeness (QED) is 0.598. The number of halogens is 2. The fourth-order valence-corrected chi connectivity index (χ4v) is 2.42. The highest BCUT2D eigenvalue weighted by atomic mass is 19.2. The highest BCUT2D eigenvalue weighted by molar-refractivity contribution is 5.90. The minimum Gasteiger partial charge on any atom is -0.326 e. The molecule has 0 bridgehead atoms. The molecule has 8 heteroatoms. The van der Waals surface area contributed by atoms with Crippen molar-refractivity contribution in [3.63, 3.8) is 0 Å². The Morgan fingerprint density at radius 2 is 1.96 bits per heavy atom. The van der Waals surface area contributed by atoms with Crippen molar-refractivity contribution in [3.05, 3.63) is 69.8 Å². The van der Waals surface area contributed by atoms with E-state index in [4.69, 9.17) is 0 Å². The van der Waals surface area contributed by atoms with Gasteiger partial charge in [0, 0.05) is 42.9 Å². The van der Waals surface area contributed by atoms with E-state index in [1.165, 1.54) is 18.2 Å². The Bertz CT molecular complexity index is 814. The Balaban J connectivity index is 1.91. The average molecular weight is 363 g/mol. The molecule has 0 saturated heterocycles. The Hall–Kier alpha value is -2.87. The number of anilines is 1. The van der Waals surface area contributed by atoms with Gasteiger partial charge in [0.05, 0.1) is 4.92 Å². The lowest BCUT2D eigenvalue weighted by molar-refractivity contribution is -0.384. The average Bonchev–Trinajstić information content (AvgIpc) is 2.62. The summed E-state index contributed by atoms with van der Waals surface area (Å²) in [4.78, 5) is 24.3. The molecule has 0 saturated carbocycles. The first-order chi connectivity index (χ1) is 12.3. The first kappa shape index (κ1) is 19.5. The molecule has 0 fully saturated rings. The molecule has 2 rings (SSSR count). The van der Waals surface area contributed by atoms with Crippen molar-refractivity contribution < 1.29 is 18.5 Å². The second-order valence-corrected chi connectivity index (χ2v) is 5.94. The molecule has 138 valence electrons. The SMILES string of the molecule is CC(c1cccc([N+](=O)[O-])c1)N(C)CCC(=O)Nc1ccc(F)c(F)c1. The number of nitrogens with one attached hydrogen (secondary N) is 1. The van der Waals surface area contributed by atoms with Gasteiger partial charge in [-0.3, -0.25) is 19.8 Å². The molecule has 6 nitrogen and oxygen atoms in total. The first-order valence-electron chi connectivity index (χ1n) is 7.97. The van der Waals surface area contributed by atoms with Gasteiger partial charge < -0.3 is 5.32 Å². The van der Waals surface area contributed by atoms with E-state index >= 15 is 0 Å². The molecule has 0 aliphatic rings. The maximum atomic E-state index is 13.1. The van der Waals surface area contributed by atoms with E-state index in [-0.39, 0.29) is 29.7 Å². The zero-order valence-corrected chi connectivity index (χ0v) is 14.4. The van der Waals surface area contributed by atoms with E-state index in [9.17, 15) is 23.7 Å².